The van der Waals surface area contributed by atoms with Crippen molar-refractivity contribution in [3.63, 3.8) is 0 Å². The molecule has 144 heavy (non-hydrogen) atoms. The van der Waals surface area contributed by atoms with Crippen LogP contribution in [-0.4, -0.2) is 93.0 Å². The molecule has 4 atom stereocenters. The number of para-hydroxylation sites is 4. The summed E-state index contributed by atoms with van der Waals surface area (Å²) >= 11 is 0. The molecule has 0 saturated heterocycles. The molecular formula is C113H93N27O4. The zero-order valence-corrected chi connectivity index (χ0v) is 80.5. The largest absolute Gasteiger partial charge is 0.371 e. The van der Waals surface area contributed by atoms with Crippen molar-refractivity contribution in [2.45, 2.75) is 107 Å². The topological polar surface area (TPSA) is 347 Å². The van der Waals surface area contributed by atoms with E-state index < -0.39 is 0 Å². The molecule has 8 aromatic carbocycles. The number of anilines is 4. The van der Waals surface area contributed by atoms with Gasteiger partial charge in [-0.15, -0.1) is 0 Å². The van der Waals surface area contributed by atoms with Crippen molar-refractivity contribution in [2.75, 3.05) is 21.3 Å². The normalized spacial score (nSPS) is 11.7. The first-order valence-corrected chi connectivity index (χ1v) is 46.0. The lowest BCUT2D eigenvalue weighted by molar-refractivity contribution is 0.772. The summed E-state index contributed by atoms with van der Waals surface area (Å²) in [5, 5.41) is 18.8. The highest BCUT2D eigenvalue weighted by molar-refractivity contribution is 5.99. The van der Waals surface area contributed by atoms with E-state index in [1.807, 2.05) is 298 Å². The standard InChI is InChI=1S/C29H24N6O.3C28H23N7O/c1-18-13-14-31-24(15-18)23-12-8-9-21-16-26(19(2)33-28-25(30-4)17-32-20(3)34-28)35(29(36)27(21)23)22-10-6-5-7-11-22;1-17-14-30-15-23(32-17)22-12-8-9-20-13-25(18(2)33-27-24(29-4)16-31-19(3)34-27)35(28(36)26(20)22)21-10-6-5-7-11-21;1-17(32-27-24(29-4)16-31-19(3)34-27)25-15-20-9-8-12-22(23-13-14-30-18(2)33-23)26(20)28(36)35(25)21-10-6-5-7-11-21;1-17-13-14-30-26(32-17)22-12-8-9-20-15-24(18(2)33-27-23(29-4)16-31-19(3)34-27)35(28(36)25(20)22)21-10-6-5-7-11-21/h5-17,19H,1-3H3,(H,32,33,34);5-16,18H,1-3H3,(H,31,33,34);5-17H,1-3H3,(H,31,32,34);5-16,18H,1-3H3,(H,31,33,34)/t19-;18-;17-;18-/m0000/s1. The summed E-state index contributed by atoms with van der Waals surface area (Å²) in [6.07, 6.45) is 14.5. The molecule has 0 aliphatic rings. The Labute approximate surface area is 828 Å². The zero-order valence-electron chi connectivity index (χ0n) is 80.5. The van der Waals surface area contributed by atoms with Gasteiger partial charge >= 0.3 is 0 Å². The number of fused-ring (bicyclic) bond motifs is 4. The summed E-state index contributed by atoms with van der Waals surface area (Å²) < 4.78 is 6.84. The molecule has 31 heteroatoms. The van der Waals surface area contributed by atoms with Crippen LogP contribution in [0.5, 0.6) is 0 Å². The second-order valence-electron chi connectivity index (χ2n) is 34.1. The lowest BCUT2D eigenvalue weighted by Gasteiger charge is -2.22. The van der Waals surface area contributed by atoms with E-state index in [9.17, 15) is 19.2 Å². The number of hydrogen-bond acceptors (Lipinski definition) is 23. The van der Waals surface area contributed by atoms with Gasteiger partial charge < -0.3 is 21.3 Å². The average molecular weight is 1890 g/mol. The first-order valence-electron chi connectivity index (χ1n) is 46.0. The molecule has 704 valence electrons. The molecule has 12 heterocycles. The maximum Gasteiger partial charge on any atom is 0.264 e. The van der Waals surface area contributed by atoms with E-state index in [4.69, 9.17) is 26.3 Å². The maximum absolute atomic E-state index is 14.2. The van der Waals surface area contributed by atoms with Gasteiger partial charge in [-0.1, -0.05) is 146 Å². The van der Waals surface area contributed by atoms with Crippen LogP contribution in [0, 0.1) is 81.7 Å². The number of benzene rings is 8. The number of nitrogens with one attached hydrogen (secondary N) is 4. The fraction of sp³-hybridized carbons (Fsp3) is 0.142. The number of pyridine rings is 5. The Kier molecular flexibility index (Phi) is 28.5. The lowest BCUT2D eigenvalue weighted by atomic mass is 10.00. The van der Waals surface area contributed by atoms with Gasteiger partial charge in [0, 0.05) is 123 Å². The summed E-state index contributed by atoms with van der Waals surface area (Å²) in [6.45, 7) is 52.4. The highest BCUT2D eigenvalue weighted by atomic mass is 16.1. The SMILES string of the molecule is [C-]#[N+]c1cnc(C)nc1N[C@@H](C)c1cc2cccc(-c3cc(C)ccn3)c2c(=O)n1-c1ccccc1.[C-]#[N+]c1cnc(C)nc1N[C@@H](C)c1cc2cccc(-c3ccnc(C)n3)c2c(=O)n1-c1ccccc1.[C-]#[N+]c1cnc(C)nc1N[C@@H](C)c1cc2cccc(-c3cncc(C)n3)c2c(=O)n1-c1ccccc1.[C-]#[N+]c1cnc(C)nc1N[C@@H](C)c1cc2cccc(-c3nccc(C)n3)c2c(=O)n1-c1ccccc1. The highest BCUT2D eigenvalue weighted by Crippen LogP contribution is 2.39. The molecule has 31 nitrogen and oxygen atoms in total. The molecule has 12 aromatic heterocycles. The van der Waals surface area contributed by atoms with Gasteiger partial charge in [0.1, 0.15) is 52.4 Å². The molecule has 0 amide bonds. The molecule has 20 aromatic rings. The number of nitrogens with zero attached hydrogens (tertiary/aromatic N) is 23. The van der Waals surface area contributed by atoms with Gasteiger partial charge in [-0.3, -0.25) is 67.4 Å². The third-order valence-electron chi connectivity index (χ3n) is 23.9. The van der Waals surface area contributed by atoms with Crippen LogP contribution in [0.1, 0.15) is 121 Å². The minimum absolute atomic E-state index is 0.134. The van der Waals surface area contributed by atoms with E-state index in [2.05, 4.69) is 115 Å². The molecule has 0 fully saturated rings. The Hall–Kier alpha value is -19.5. The van der Waals surface area contributed by atoms with Gasteiger partial charge in [-0.05, 0) is 207 Å². The average Bonchev–Trinajstić information content (AvgIpc) is 0.760. The third kappa shape index (κ3) is 20.6. The Balaban J connectivity index is 0.000000132. The molecule has 0 unspecified atom stereocenters. The second kappa shape index (κ2) is 42.6. The number of hydrogen-bond donors (Lipinski definition) is 4. The Bertz CT molecular complexity index is 7760. The molecule has 0 spiro atoms. The van der Waals surface area contributed by atoms with Gasteiger partial charge in [0.05, 0.1) is 101 Å². The van der Waals surface area contributed by atoms with Crippen LogP contribution in [0.2, 0.25) is 0 Å². The van der Waals surface area contributed by atoms with Gasteiger partial charge in [0.25, 0.3) is 22.2 Å². The number of aryl methyl sites for hydroxylation is 8. The molecule has 20 rings (SSSR count). The van der Waals surface area contributed by atoms with E-state index in [0.717, 1.165) is 106 Å². The van der Waals surface area contributed by atoms with E-state index in [1.165, 1.54) is 24.8 Å². The van der Waals surface area contributed by atoms with E-state index in [1.54, 1.807) is 76.9 Å². The smallest absolute Gasteiger partial charge is 0.264 e. The van der Waals surface area contributed by atoms with Crippen LogP contribution < -0.4 is 43.5 Å². The van der Waals surface area contributed by atoms with Crippen molar-refractivity contribution in [3.8, 4) is 67.9 Å². The molecular weight excluding hydrogens is 1800 g/mol. The molecule has 0 radical (unpaired) electrons. The van der Waals surface area contributed by atoms with Crippen LogP contribution in [0.4, 0.5) is 46.0 Å². The second-order valence-corrected chi connectivity index (χ2v) is 34.1. The van der Waals surface area contributed by atoms with E-state index in [-0.39, 0.29) is 46.4 Å². The van der Waals surface area contributed by atoms with Gasteiger partial charge in [0.15, 0.2) is 5.82 Å². The molecule has 4 N–H and O–H groups in total. The predicted molar refractivity (Wildman–Crippen MR) is 564 cm³/mol. The van der Waals surface area contributed by atoms with Crippen molar-refractivity contribution in [3.05, 3.63) is 454 Å². The quantitative estimate of drug-likeness (QED) is 0.0515. The molecule has 0 saturated carbocycles. The maximum atomic E-state index is 14.2. The van der Waals surface area contributed by atoms with Crippen molar-refractivity contribution < 1.29 is 0 Å². The summed E-state index contributed by atoms with van der Waals surface area (Å²) in [7, 11) is 0. The zero-order chi connectivity index (χ0) is 101. The summed E-state index contributed by atoms with van der Waals surface area (Å²) in [6, 6.07) is 75.3. The Morgan fingerprint density at radius 2 is 0.583 bits per heavy atom. The minimum Gasteiger partial charge on any atom is -0.371 e. The van der Waals surface area contributed by atoms with Crippen LogP contribution in [0.3, 0.4) is 0 Å². The first kappa shape index (κ1) is 96.2. The number of rotatable bonds is 20. The van der Waals surface area contributed by atoms with Crippen molar-refractivity contribution in [2.24, 2.45) is 0 Å². The lowest BCUT2D eigenvalue weighted by Crippen LogP contribution is -2.26. The third-order valence-corrected chi connectivity index (χ3v) is 23.9. The number of aromatic nitrogens is 19. The van der Waals surface area contributed by atoms with Crippen LogP contribution in [0.15, 0.2) is 318 Å². The fourth-order valence-electron chi connectivity index (χ4n) is 17.2. The molecule has 0 aliphatic heterocycles. The van der Waals surface area contributed by atoms with Crippen LogP contribution in [0.25, 0.3) is 130 Å². The Morgan fingerprint density at radius 3 is 0.910 bits per heavy atom. The Morgan fingerprint density at radius 1 is 0.271 bits per heavy atom. The molecule has 0 aliphatic carbocycles. The van der Waals surface area contributed by atoms with Gasteiger partial charge in [-0.2, -0.15) is 0 Å². The van der Waals surface area contributed by atoms with Crippen LogP contribution >= 0.6 is 0 Å². The minimum atomic E-state index is -0.351. The van der Waals surface area contributed by atoms with Crippen molar-refractivity contribution in [1.29, 1.82) is 0 Å². The summed E-state index contributed by atoms with van der Waals surface area (Å²) in [5.74, 6) is 5.11. The molecule has 0 bridgehead atoms. The van der Waals surface area contributed by atoms with E-state index >= 15 is 0 Å². The van der Waals surface area contributed by atoms with Gasteiger partial charge in [-0.25, -0.2) is 64.2 Å². The predicted octanol–water partition coefficient (Wildman–Crippen LogP) is 22.9. The van der Waals surface area contributed by atoms with Crippen LogP contribution in [-0.2, 0) is 0 Å². The summed E-state index contributed by atoms with van der Waals surface area (Å²) in [4.78, 5) is 136. The van der Waals surface area contributed by atoms with Crippen molar-refractivity contribution in [1.82, 2.24) is 93.0 Å². The highest BCUT2D eigenvalue weighted by Gasteiger charge is 2.28. The van der Waals surface area contributed by atoms with Gasteiger partial charge in [0.2, 0.25) is 22.7 Å². The van der Waals surface area contributed by atoms with E-state index in [0.29, 0.717) is 119 Å². The summed E-state index contributed by atoms with van der Waals surface area (Å²) in [5.41, 5.74) is 14.3. The first-order chi connectivity index (χ1) is 69.8. The monoisotopic (exact) mass is 1890 g/mol. The van der Waals surface area contributed by atoms with Crippen molar-refractivity contribution >= 4 is 89.1 Å². The fourth-order valence-corrected chi connectivity index (χ4v) is 17.2.